The van der Waals surface area contributed by atoms with Crippen LogP contribution in [0.1, 0.15) is 22.2 Å². The van der Waals surface area contributed by atoms with Gasteiger partial charge in [0, 0.05) is 10.9 Å². The number of amidine groups is 1. The van der Waals surface area contributed by atoms with Gasteiger partial charge in [0.05, 0.1) is 6.61 Å². The van der Waals surface area contributed by atoms with Crippen LogP contribution >= 0.6 is 11.3 Å². The SMILES string of the molecule is CCOC(=O)c1cc(C(=N)N)cs1. The molecule has 0 radical (unpaired) electrons. The van der Waals surface area contributed by atoms with Crippen molar-refractivity contribution in [2.45, 2.75) is 6.92 Å². The van der Waals surface area contributed by atoms with Gasteiger partial charge in [-0.25, -0.2) is 4.79 Å². The van der Waals surface area contributed by atoms with Gasteiger partial charge in [0.1, 0.15) is 10.7 Å². The maximum absolute atomic E-state index is 11.2. The van der Waals surface area contributed by atoms with Crippen LogP contribution in [0.2, 0.25) is 0 Å². The highest BCUT2D eigenvalue weighted by Crippen LogP contribution is 2.15. The van der Waals surface area contributed by atoms with E-state index in [1.807, 2.05) is 0 Å². The molecule has 1 heterocycles. The molecule has 0 amide bonds. The molecule has 5 heteroatoms. The minimum Gasteiger partial charge on any atom is -0.462 e. The number of carbonyl (C=O) groups is 1. The molecular formula is C8H10N2O2S. The van der Waals surface area contributed by atoms with Crippen LogP contribution in [0, 0.1) is 5.41 Å². The average Bonchev–Trinajstić information content (AvgIpc) is 2.52. The summed E-state index contributed by atoms with van der Waals surface area (Å²) in [7, 11) is 0. The van der Waals surface area contributed by atoms with Gasteiger partial charge in [0.25, 0.3) is 0 Å². The van der Waals surface area contributed by atoms with Crippen molar-refractivity contribution >= 4 is 23.1 Å². The highest BCUT2D eigenvalue weighted by Gasteiger charge is 2.10. The van der Waals surface area contributed by atoms with E-state index in [0.717, 1.165) is 0 Å². The van der Waals surface area contributed by atoms with Crippen molar-refractivity contribution in [3.8, 4) is 0 Å². The minimum absolute atomic E-state index is 0.0354. The number of hydrogen-bond acceptors (Lipinski definition) is 4. The summed E-state index contributed by atoms with van der Waals surface area (Å²) in [5.41, 5.74) is 5.80. The fourth-order valence-electron chi connectivity index (χ4n) is 0.787. The number of thiophene rings is 1. The second kappa shape index (κ2) is 4.04. The Bertz CT molecular complexity index is 333. The third-order valence-electron chi connectivity index (χ3n) is 1.39. The minimum atomic E-state index is -0.361. The van der Waals surface area contributed by atoms with Gasteiger partial charge in [-0.3, -0.25) is 5.41 Å². The Labute approximate surface area is 79.8 Å². The van der Waals surface area contributed by atoms with E-state index >= 15 is 0 Å². The van der Waals surface area contributed by atoms with Gasteiger partial charge in [-0.05, 0) is 13.0 Å². The lowest BCUT2D eigenvalue weighted by Gasteiger charge is -1.96. The smallest absolute Gasteiger partial charge is 0.348 e. The zero-order chi connectivity index (χ0) is 9.84. The Morgan fingerprint density at radius 3 is 2.92 bits per heavy atom. The van der Waals surface area contributed by atoms with E-state index in [1.165, 1.54) is 11.3 Å². The molecule has 0 bridgehead atoms. The molecule has 1 aromatic heterocycles. The predicted octanol–water partition coefficient (Wildman–Crippen LogP) is 1.21. The van der Waals surface area contributed by atoms with Crippen molar-refractivity contribution in [3.05, 3.63) is 21.9 Å². The molecule has 0 aliphatic rings. The first-order chi connectivity index (χ1) is 6.15. The standard InChI is InChI=1S/C8H10N2O2S/c1-2-12-8(11)6-3-5(4-13-6)7(9)10/h3-4H,2H2,1H3,(H3,9,10). The molecule has 0 saturated heterocycles. The van der Waals surface area contributed by atoms with Gasteiger partial charge in [-0.2, -0.15) is 0 Å². The molecule has 1 aromatic rings. The van der Waals surface area contributed by atoms with E-state index in [0.29, 0.717) is 17.0 Å². The van der Waals surface area contributed by atoms with E-state index in [9.17, 15) is 4.79 Å². The topological polar surface area (TPSA) is 76.2 Å². The summed E-state index contributed by atoms with van der Waals surface area (Å²) in [4.78, 5) is 11.6. The Morgan fingerprint density at radius 2 is 2.46 bits per heavy atom. The fourth-order valence-corrected chi connectivity index (χ4v) is 1.59. The van der Waals surface area contributed by atoms with E-state index in [4.69, 9.17) is 15.9 Å². The number of nitrogen functional groups attached to an aromatic ring is 1. The summed E-state index contributed by atoms with van der Waals surface area (Å²) >= 11 is 1.23. The summed E-state index contributed by atoms with van der Waals surface area (Å²) in [5, 5.41) is 8.79. The van der Waals surface area contributed by atoms with E-state index in [-0.39, 0.29) is 11.8 Å². The molecule has 0 aromatic carbocycles. The van der Waals surface area contributed by atoms with Crippen molar-refractivity contribution in [2.24, 2.45) is 5.73 Å². The maximum Gasteiger partial charge on any atom is 0.348 e. The molecule has 70 valence electrons. The summed E-state index contributed by atoms with van der Waals surface area (Å²) in [6, 6.07) is 1.56. The highest BCUT2D eigenvalue weighted by atomic mass is 32.1. The summed E-state index contributed by atoms with van der Waals surface area (Å²) in [6.07, 6.45) is 0. The molecule has 0 saturated carbocycles. The van der Waals surface area contributed by atoms with Crippen LogP contribution in [0.4, 0.5) is 0 Å². The number of nitrogens with one attached hydrogen (secondary N) is 1. The quantitative estimate of drug-likeness (QED) is 0.435. The first-order valence-electron chi connectivity index (χ1n) is 3.75. The van der Waals surface area contributed by atoms with Crippen LogP contribution in [0.5, 0.6) is 0 Å². The van der Waals surface area contributed by atoms with Crippen LogP contribution in [0.15, 0.2) is 11.4 Å². The zero-order valence-electron chi connectivity index (χ0n) is 7.16. The maximum atomic E-state index is 11.2. The number of hydrogen-bond donors (Lipinski definition) is 2. The summed E-state index contributed by atoms with van der Waals surface area (Å²) < 4.78 is 4.78. The molecule has 0 spiro atoms. The molecular weight excluding hydrogens is 188 g/mol. The zero-order valence-corrected chi connectivity index (χ0v) is 7.98. The fraction of sp³-hybridized carbons (Fsp3) is 0.250. The van der Waals surface area contributed by atoms with Crippen LogP contribution in [-0.4, -0.2) is 18.4 Å². The van der Waals surface area contributed by atoms with Gasteiger partial charge in [-0.1, -0.05) is 0 Å². The van der Waals surface area contributed by atoms with Crippen LogP contribution in [0.3, 0.4) is 0 Å². The Hall–Kier alpha value is -1.36. The molecule has 0 fully saturated rings. The Balaban J connectivity index is 2.79. The van der Waals surface area contributed by atoms with Gasteiger partial charge in [0.2, 0.25) is 0 Å². The summed E-state index contributed by atoms with van der Waals surface area (Å²) in [6.45, 7) is 2.10. The third kappa shape index (κ3) is 2.29. The summed E-state index contributed by atoms with van der Waals surface area (Å²) in [5.74, 6) is -0.396. The molecule has 3 N–H and O–H groups in total. The lowest BCUT2D eigenvalue weighted by Crippen LogP contribution is -2.09. The lowest BCUT2D eigenvalue weighted by molar-refractivity contribution is 0.0532. The van der Waals surface area contributed by atoms with Crippen molar-refractivity contribution < 1.29 is 9.53 Å². The van der Waals surface area contributed by atoms with E-state index in [2.05, 4.69) is 0 Å². The average molecular weight is 198 g/mol. The highest BCUT2D eigenvalue weighted by molar-refractivity contribution is 7.12. The van der Waals surface area contributed by atoms with Gasteiger partial charge in [0.15, 0.2) is 0 Å². The van der Waals surface area contributed by atoms with Crippen molar-refractivity contribution in [2.75, 3.05) is 6.61 Å². The van der Waals surface area contributed by atoms with E-state index in [1.54, 1.807) is 18.4 Å². The molecule has 0 atom stereocenters. The van der Waals surface area contributed by atoms with Crippen LogP contribution in [-0.2, 0) is 4.74 Å². The number of esters is 1. The normalized spacial score (nSPS) is 9.62. The van der Waals surface area contributed by atoms with E-state index < -0.39 is 0 Å². The third-order valence-corrected chi connectivity index (χ3v) is 2.30. The largest absolute Gasteiger partial charge is 0.462 e. The van der Waals surface area contributed by atoms with Crippen molar-refractivity contribution in [3.63, 3.8) is 0 Å². The van der Waals surface area contributed by atoms with Crippen LogP contribution in [0.25, 0.3) is 0 Å². The first kappa shape index (κ1) is 9.73. The van der Waals surface area contributed by atoms with Crippen molar-refractivity contribution in [1.29, 1.82) is 5.41 Å². The second-order valence-corrected chi connectivity index (χ2v) is 3.25. The number of rotatable bonds is 3. The van der Waals surface area contributed by atoms with Crippen molar-refractivity contribution in [1.82, 2.24) is 0 Å². The van der Waals surface area contributed by atoms with Gasteiger partial charge < -0.3 is 10.5 Å². The monoisotopic (exact) mass is 198 g/mol. The number of carbonyl (C=O) groups excluding carboxylic acids is 1. The van der Waals surface area contributed by atoms with Crippen LogP contribution < -0.4 is 5.73 Å². The second-order valence-electron chi connectivity index (χ2n) is 2.33. The first-order valence-corrected chi connectivity index (χ1v) is 4.63. The lowest BCUT2D eigenvalue weighted by atomic mass is 10.3. The molecule has 1 rings (SSSR count). The molecule has 0 aliphatic carbocycles. The Kier molecular flexibility index (Phi) is 3.02. The van der Waals surface area contributed by atoms with Gasteiger partial charge >= 0.3 is 5.97 Å². The molecule has 13 heavy (non-hydrogen) atoms. The number of nitrogens with two attached hydrogens (primary N) is 1. The number of ether oxygens (including phenoxy) is 1. The molecule has 0 aliphatic heterocycles. The predicted molar refractivity (Wildman–Crippen MR) is 51.3 cm³/mol. The molecule has 4 nitrogen and oxygen atoms in total. The molecule has 0 unspecified atom stereocenters. The van der Waals surface area contributed by atoms with Gasteiger partial charge in [-0.15, -0.1) is 11.3 Å². The Morgan fingerprint density at radius 1 is 1.77 bits per heavy atom.